The molecule has 1 N–H and O–H groups in total. The second-order valence-corrected chi connectivity index (χ2v) is 5.82. The van der Waals surface area contributed by atoms with Crippen LogP contribution in [0, 0.1) is 0 Å². The quantitative estimate of drug-likeness (QED) is 0.947. The molecule has 1 saturated heterocycles. The van der Waals surface area contributed by atoms with Gasteiger partial charge in [-0.1, -0.05) is 25.1 Å². The number of carbonyl (C=O) groups is 1. The molecule has 0 spiro atoms. The number of nitrogens with one attached hydrogen (secondary N) is 1. The summed E-state index contributed by atoms with van der Waals surface area (Å²) in [6.07, 6.45) is 4.55. The topological polar surface area (TPSA) is 59.4 Å². The van der Waals surface area contributed by atoms with Crippen molar-refractivity contribution in [3.05, 3.63) is 42.7 Å². The molecule has 2 atom stereocenters. The SMILES string of the molecule is CC[C@H]1CN(C(=O)Nc2cnn(-c3ccccc3)c2)C[C@@H](C)O1. The molecule has 0 unspecified atom stereocenters. The summed E-state index contributed by atoms with van der Waals surface area (Å²) in [5.41, 5.74) is 1.64. The van der Waals surface area contributed by atoms with Crippen LogP contribution in [0.1, 0.15) is 20.3 Å². The van der Waals surface area contributed by atoms with Crippen molar-refractivity contribution in [2.24, 2.45) is 0 Å². The normalized spacial score (nSPS) is 21.2. The van der Waals surface area contributed by atoms with Gasteiger partial charge in [-0.3, -0.25) is 0 Å². The number of ether oxygens (including phenoxy) is 1. The minimum atomic E-state index is -0.105. The highest BCUT2D eigenvalue weighted by molar-refractivity contribution is 5.89. The van der Waals surface area contributed by atoms with E-state index in [4.69, 9.17) is 4.74 Å². The van der Waals surface area contributed by atoms with Gasteiger partial charge in [-0.2, -0.15) is 5.10 Å². The standard InChI is InChI=1S/C17H22N4O2/c1-3-16-12-20(10-13(2)23-16)17(22)19-14-9-18-21(11-14)15-7-5-4-6-8-15/h4-9,11,13,16H,3,10,12H2,1-2H3,(H,19,22)/t13-,16+/m1/s1. The molecule has 6 heteroatoms. The maximum Gasteiger partial charge on any atom is 0.322 e. The molecule has 2 amide bonds. The van der Waals surface area contributed by atoms with E-state index < -0.39 is 0 Å². The summed E-state index contributed by atoms with van der Waals surface area (Å²) in [6.45, 7) is 5.30. The molecule has 1 aliphatic rings. The number of benzene rings is 1. The monoisotopic (exact) mass is 314 g/mol. The molecule has 0 aliphatic carbocycles. The van der Waals surface area contributed by atoms with E-state index >= 15 is 0 Å². The summed E-state index contributed by atoms with van der Waals surface area (Å²) in [4.78, 5) is 14.3. The summed E-state index contributed by atoms with van der Waals surface area (Å²) in [5, 5.41) is 7.20. The minimum absolute atomic E-state index is 0.0616. The van der Waals surface area contributed by atoms with Crippen molar-refractivity contribution in [3.8, 4) is 5.69 Å². The predicted octanol–water partition coefficient (Wildman–Crippen LogP) is 2.90. The number of nitrogens with zero attached hydrogens (tertiary/aromatic N) is 3. The Morgan fingerprint density at radius 1 is 1.35 bits per heavy atom. The van der Waals surface area contributed by atoms with Crippen LogP contribution >= 0.6 is 0 Å². The Hall–Kier alpha value is -2.34. The lowest BCUT2D eigenvalue weighted by Crippen LogP contribution is -2.50. The number of amides is 2. The van der Waals surface area contributed by atoms with Crippen LogP contribution in [0.2, 0.25) is 0 Å². The third-order valence-corrected chi connectivity index (χ3v) is 3.92. The third kappa shape index (κ3) is 3.71. The van der Waals surface area contributed by atoms with Gasteiger partial charge in [0.1, 0.15) is 0 Å². The van der Waals surface area contributed by atoms with Crippen LogP contribution in [0.4, 0.5) is 10.5 Å². The average molecular weight is 314 g/mol. The van der Waals surface area contributed by atoms with Crippen molar-refractivity contribution >= 4 is 11.7 Å². The van der Waals surface area contributed by atoms with E-state index in [1.165, 1.54) is 0 Å². The molecule has 23 heavy (non-hydrogen) atoms. The summed E-state index contributed by atoms with van der Waals surface area (Å²) in [6, 6.07) is 9.69. The highest BCUT2D eigenvalue weighted by Gasteiger charge is 2.27. The van der Waals surface area contributed by atoms with E-state index in [9.17, 15) is 4.79 Å². The van der Waals surface area contributed by atoms with Crippen molar-refractivity contribution in [2.75, 3.05) is 18.4 Å². The number of carbonyl (C=O) groups excluding carboxylic acids is 1. The van der Waals surface area contributed by atoms with Gasteiger partial charge < -0.3 is 15.0 Å². The Bertz CT molecular complexity index is 656. The van der Waals surface area contributed by atoms with Crippen molar-refractivity contribution in [1.82, 2.24) is 14.7 Å². The van der Waals surface area contributed by atoms with Crippen molar-refractivity contribution in [2.45, 2.75) is 32.5 Å². The van der Waals surface area contributed by atoms with E-state index in [0.29, 0.717) is 18.8 Å². The average Bonchev–Trinajstić information content (AvgIpc) is 3.03. The largest absolute Gasteiger partial charge is 0.372 e. The van der Waals surface area contributed by atoms with E-state index in [-0.39, 0.29) is 18.2 Å². The van der Waals surface area contributed by atoms with Crippen LogP contribution < -0.4 is 5.32 Å². The van der Waals surface area contributed by atoms with Gasteiger partial charge in [-0.25, -0.2) is 9.48 Å². The zero-order valence-electron chi connectivity index (χ0n) is 13.5. The molecule has 1 aromatic heterocycles. The maximum absolute atomic E-state index is 12.4. The number of hydrogen-bond donors (Lipinski definition) is 1. The lowest BCUT2D eigenvalue weighted by molar-refractivity contribution is -0.0632. The van der Waals surface area contributed by atoms with Crippen LogP contribution in [0.25, 0.3) is 5.69 Å². The van der Waals surface area contributed by atoms with Gasteiger partial charge in [0.15, 0.2) is 0 Å². The first-order valence-corrected chi connectivity index (χ1v) is 7.97. The Morgan fingerprint density at radius 2 is 2.13 bits per heavy atom. The van der Waals surface area contributed by atoms with Gasteiger partial charge in [0, 0.05) is 13.1 Å². The van der Waals surface area contributed by atoms with Gasteiger partial charge in [-0.05, 0) is 25.5 Å². The highest BCUT2D eigenvalue weighted by Crippen LogP contribution is 2.16. The molecule has 122 valence electrons. The number of anilines is 1. The fourth-order valence-corrected chi connectivity index (χ4v) is 2.75. The summed E-state index contributed by atoms with van der Waals surface area (Å²) < 4.78 is 7.53. The second-order valence-electron chi connectivity index (χ2n) is 5.82. The molecule has 3 rings (SSSR count). The fraction of sp³-hybridized carbons (Fsp3) is 0.412. The number of urea groups is 1. The molecule has 0 saturated carbocycles. The number of aromatic nitrogens is 2. The van der Waals surface area contributed by atoms with Gasteiger partial charge >= 0.3 is 6.03 Å². The van der Waals surface area contributed by atoms with Crippen LogP contribution in [0.15, 0.2) is 42.7 Å². The second kappa shape index (κ2) is 6.83. The summed E-state index contributed by atoms with van der Waals surface area (Å²) >= 11 is 0. The number of morpholine rings is 1. The van der Waals surface area contributed by atoms with Crippen molar-refractivity contribution < 1.29 is 9.53 Å². The number of rotatable bonds is 3. The lowest BCUT2D eigenvalue weighted by atomic mass is 10.2. The van der Waals surface area contributed by atoms with Crippen LogP contribution in [-0.2, 0) is 4.74 Å². The molecular formula is C17H22N4O2. The van der Waals surface area contributed by atoms with Crippen molar-refractivity contribution in [3.63, 3.8) is 0 Å². The number of hydrogen-bond acceptors (Lipinski definition) is 3. The van der Waals surface area contributed by atoms with Gasteiger partial charge in [0.25, 0.3) is 0 Å². The van der Waals surface area contributed by atoms with Crippen molar-refractivity contribution in [1.29, 1.82) is 0 Å². The predicted molar refractivity (Wildman–Crippen MR) is 88.8 cm³/mol. The van der Waals surface area contributed by atoms with E-state index in [1.54, 1.807) is 10.9 Å². The molecule has 2 heterocycles. The van der Waals surface area contributed by atoms with E-state index in [1.807, 2.05) is 48.4 Å². The first kappa shape index (κ1) is 15.6. The molecule has 0 radical (unpaired) electrons. The molecular weight excluding hydrogens is 292 g/mol. The highest BCUT2D eigenvalue weighted by atomic mass is 16.5. The zero-order chi connectivity index (χ0) is 16.2. The van der Waals surface area contributed by atoms with E-state index in [0.717, 1.165) is 12.1 Å². The molecule has 2 aromatic rings. The lowest BCUT2D eigenvalue weighted by Gasteiger charge is -2.36. The molecule has 1 fully saturated rings. The third-order valence-electron chi connectivity index (χ3n) is 3.92. The van der Waals surface area contributed by atoms with Crippen LogP contribution in [0.5, 0.6) is 0 Å². The van der Waals surface area contributed by atoms with Gasteiger partial charge in [0.05, 0.1) is 36.0 Å². The number of para-hydroxylation sites is 1. The summed E-state index contributed by atoms with van der Waals surface area (Å²) in [5.74, 6) is 0. The van der Waals surface area contributed by atoms with E-state index in [2.05, 4.69) is 17.3 Å². The Balaban J connectivity index is 1.65. The van der Waals surface area contributed by atoms with Crippen LogP contribution in [-0.4, -0.2) is 46.0 Å². The minimum Gasteiger partial charge on any atom is -0.372 e. The van der Waals surface area contributed by atoms with Gasteiger partial charge in [0.2, 0.25) is 0 Å². The Labute approximate surface area is 136 Å². The van der Waals surface area contributed by atoms with Crippen LogP contribution in [0.3, 0.4) is 0 Å². The fourth-order valence-electron chi connectivity index (χ4n) is 2.75. The Morgan fingerprint density at radius 3 is 2.87 bits per heavy atom. The maximum atomic E-state index is 12.4. The molecule has 6 nitrogen and oxygen atoms in total. The first-order valence-electron chi connectivity index (χ1n) is 7.97. The Kier molecular flexibility index (Phi) is 4.62. The summed E-state index contributed by atoms with van der Waals surface area (Å²) in [7, 11) is 0. The molecule has 0 bridgehead atoms. The zero-order valence-corrected chi connectivity index (χ0v) is 13.5. The molecule has 1 aromatic carbocycles. The molecule has 1 aliphatic heterocycles. The first-order chi connectivity index (χ1) is 11.2. The van der Waals surface area contributed by atoms with Gasteiger partial charge in [-0.15, -0.1) is 0 Å². The smallest absolute Gasteiger partial charge is 0.322 e.